The molecule has 0 bridgehead atoms. The second kappa shape index (κ2) is 10.0. The summed E-state index contributed by atoms with van der Waals surface area (Å²) in [6.45, 7) is 10.2. The van der Waals surface area contributed by atoms with E-state index in [0.29, 0.717) is 34.5 Å². The summed E-state index contributed by atoms with van der Waals surface area (Å²) in [5, 5.41) is 15.2. The molecular weight excluding hydrogens is 540 g/mol. The lowest BCUT2D eigenvalue weighted by molar-refractivity contribution is -0.0102. The maximum absolute atomic E-state index is 13.5. The summed E-state index contributed by atoms with van der Waals surface area (Å²) < 4.78 is 3.30. The first-order valence-electron chi connectivity index (χ1n) is 15.2. The van der Waals surface area contributed by atoms with E-state index in [1.807, 2.05) is 19.1 Å². The number of aromatic nitrogens is 5. The van der Waals surface area contributed by atoms with Crippen molar-refractivity contribution in [2.24, 2.45) is 5.41 Å². The molecule has 1 aromatic carbocycles. The van der Waals surface area contributed by atoms with Crippen molar-refractivity contribution < 1.29 is 5.11 Å². The zero-order valence-electron chi connectivity index (χ0n) is 25.5. The molecule has 3 aliphatic rings. The van der Waals surface area contributed by atoms with Crippen molar-refractivity contribution in [3.63, 3.8) is 0 Å². The first kappa shape index (κ1) is 27.8. The minimum absolute atomic E-state index is 0.115. The summed E-state index contributed by atoms with van der Waals surface area (Å²) in [5.41, 5.74) is 4.20. The Kier molecular flexibility index (Phi) is 6.48. The van der Waals surface area contributed by atoms with Gasteiger partial charge in [-0.05, 0) is 95.4 Å². The van der Waals surface area contributed by atoms with E-state index in [1.165, 1.54) is 11.3 Å². The van der Waals surface area contributed by atoms with Gasteiger partial charge >= 0.3 is 0 Å². The Morgan fingerprint density at radius 3 is 2.60 bits per heavy atom. The molecule has 43 heavy (non-hydrogen) atoms. The van der Waals surface area contributed by atoms with Crippen LogP contribution in [0.2, 0.25) is 0 Å². The number of aliphatic hydroxyl groups is 1. The smallest absolute Gasteiger partial charge is 0.278 e. The third-order valence-corrected chi connectivity index (χ3v) is 10.0. The van der Waals surface area contributed by atoms with Crippen molar-refractivity contribution in [3.05, 3.63) is 76.4 Å². The molecule has 2 aliphatic carbocycles. The van der Waals surface area contributed by atoms with E-state index in [-0.39, 0.29) is 17.5 Å². The quantitative estimate of drug-likeness (QED) is 0.312. The van der Waals surface area contributed by atoms with Crippen LogP contribution in [0.15, 0.2) is 54.0 Å². The fourth-order valence-corrected chi connectivity index (χ4v) is 7.21. The predicted molar refractivity (Wildman–Crippen MR) is 169 cm³/mol. The van der Waals surface area contributed by atoms with E-state index in [9.17, 15) is 9.90 Å². The molecule has 0 amide bonds. The van der Waals surface area contributed by atoms with Gasteiger partial charge in [0.25, 0.3) is 5.56 Å². The van der Waals surface area contributed by atoms with E-state index in [4.69, 9.17) is 9.97 Å². The molecule has 1 saturated carbocycles. The highest BCUT2D eigenvalue weighted by atomic mass is 16.3. The number of rotatable bonds is 7. The molecule has 7 rings (SSSR count). The number of allylic oxidation sites excluding steroid dienone is 1. The summed E-state index contributed by atoms with van der Waals surface area (Å²) in [7, 11) is 4.32. The number of piperidine rings is 1. The molecule has 3 aromatic heterocycles. The van der Waals surface area contributed by atoms with Gasteiger partial charge in [0.2, 0.25) is 5.95 Å². The molecule has 1 aliphatic heterocycles. The van der Waals surface area contributed by atoms with Gasteiger partial charge in [-0.15, -0.1) is 6.58 Å². The highest BCUT2D eigenvalue weighted by Gasteiger charge is 2.62. The van der Waals surface area contributed by atoms with E-state index in [2.05, 4.69) is 65.9 Å². The number of anilines is 3. The third kappa shape index (κ3) is 4.46. The van der Waals surface area contributed by atoms with Crippen LogP contribution in [0.3, 0.4) is 0 Å². The predicted octanol–water partition coefficient (Wildman–Crippen LogP) is 4.29. The van der Waals surface area contributed by atoms with Crippen LogP contribution >= 0.6 is 0 Å². The van der Waals surface area contributed by atoms with Crippen molar-refractivity contribution in [2.45, 2.75) is 64.1 Å². The first-order chi connectivity index (χ1) is 20.6. The third-order valence-electron chi connectivity index (χ3n) is 10.0. The molecule has 4 aromatic rings. The van der Waals surface area contributed by atoms with E-state index < -0.39 is 5.60 Å². The lowest BCUT2D eigenvalue weighted by atomic mass is 9.88. The molecule has 2 N–H and O–H groups in total. The largest absolute Gasteiger partial charge is 0.383 e. The molecule has 1 atom stereocenters. The molecule has 4 heterocycles. The summed E-state index contributed by atoms with van der Waals surface area (Å²) in [6, 6.07) is 10.9. The summed E-state index contributed by atoms with van der Waals surface area (Å²) >= 11 is 0. The Balaban J connectivity index is 1.22. The van der Waals surface area contributed by atoms with Gasteiger partial charge in [-0.3, -0.25) is 4.79 Å². The molecule has 0 radical (unpaired) electrons. The lowest BCUT2D eigenvalue weighted by Gasteiger charge is -2.37. The fourth-order valence-electron chi connectivity index (χ4n) is 7.21. The Hall–Kier alpha value is -4.02. The highest BCUT2D eigenvalue weighted by molar-refractivity contribution is 5.77. The van der Waals surface area contributed by atoms with Crippen molar-refractivity contribution in [2.75, 3.05) is 37.4 Å². The number of nitrogens with one attached hydrogen (secondary N) is 1. The second-order valence-corrected chi connectivity index (χ2v) is 12.9. The van der Waals surface area contributed by atoms with Crippen LogP contribution in [-0.2, 0) is 18.6 Å². The van der Waals surface area contributed by atoms with Gasteiger partial charge < -0.3 is 20.2 Å². The Labute approximate surface area is 251 Å². The van der Waals surface area contributed by atoms with Crippen LogP contribution in [-0.4, -0.2) is 67.5 Å². The maximum Gasteiger partial charge on any atom is 0.278 e. The van der Waals surface area contributed by atoms with E-state index >= 15 is 0 Å². The lowest BCUT2D eigenvalue weighted by Crippen LogP contribution is -2.42. The average Bonchev–Trinajstić information content (AvgIpc) is 3.68. The van der Waals surface area contributed by atoms with Gasteiger partial charge in [-0.2, -0.15) is 4.98 Å². The van der Waals surface area contributed by atoms with Crippen LogP contribution in [0.4, 0.5) is 17.3 Å². The van der Waals surface area contributed by atoms with Gasteiger partial charge in [0.05, 0.1) is 12.2 Å². The van der Waals surface area contributed by atoms with Crippen LogP contribution in [0.25, 0.3) is 16.9 Å². The maximum atomic E-state index is 13.5. The second-order valence-electron chi connectivity index (χ2n) is 12.9. The fraction of sp³-hybridized carbons (Fsp3) is 0.455. The van der Waals surface area contributed by atoms with Gasteiger partial charge in [0.15, 0.2) is 11.5 Å². The summed E-state index contributed by atoms with van der Waals surface area (Å²) in [5.74, 6) is 0.926. The summed E-state index contributed by atoms with van der Waals surface area (Å²) in [6.07, 6.45) is 8.39. The minimum atomic E-state index is -1.00. The molecule has 1 saturated heterocycles. The number of fused-ring (bicyclic) bond motifs is 2. The van der Waals surface area contributed by atoms with Crippen molar-refractivity contribution in [1.29, 1.82) is 0 Å². The molecule has 10 heteroatoms. The Morgan fingerprint density at radius 2 is 1.93 bits per heavy atom. The molecule has 2 fully saturated rings. The monoisotopic (exact) mass is 580 g/mol. The molecule has 10 nitrogen and oxygen atoms in total. The topological polar surface area (TPSA) is 104 Å². The number of benzene rings is 1. The standard InChI is InChI=1S/C33H40N8O2/c1-6-15-40-30(42)25-20-34-31(35-23-8-9-26(21(2)18-23)39-16-11-24(12-17-39)38(4)5)37-29(25)41(40)27-10-7-22-19-33(13-14-33)32(3,43)28(22)36-27/h6-10,18,20,24,43H,1,11-17,19H2,2-5H3,(H,34,35,37)/t32-/m0/s1. The number of aryl methyl sites for hydroxylation is 1. The van der Waals surface area contributed by atoms with E-state index in [1.54, 1.807) is 21.6 Å². The normalized spacial score (nSPS) is 21.1. The number of hydrogen-bond donors (Lipinski definition) is 2. The molecule has 1 spiro atoms. The Morgan fingerprint density at radius 1 is 1.16 bits per heavy atom. The SMILES string of the molecule is C=CCn1c(=O)c2cnc(Nc3ccc(N4CCC(N(C)C)CC4)c(C)c3)nc2n1-c1ccc2c(n1)[C@](C)(O)C1(CC1)C2. The Bertz CT molecular complexity index is 1790. The number of hydrogen-bond acceptors (Lipinski definition) is 8. The highest BCUT2D eigenvalue weighted by Crippen LogP contribution is 2.64. The zero-order chi connectivity index (χ0) is 30.1. The van der Waals surface area contributed by atoms with Crippen LogP contribution in [0, 0.1) is 12.3 Å². The zero-order valence-corrected chi connectivity index (χ0v) is 25.5. The average molecular weight is 581 g/mol. The molecule has 0 unspecified atom stereocenters. The summed E-state index contributed by atoms with van der Waals surface area (Å²) in [4.78, 5) is 32.5. The number of pyridine rings is 1. The van der Waals surface area contributed by atoms with Gasteiger partial charge in [0, 0.05) is 42.1 Å². The van der Waals surface area contributed by atoms with Crippen molar-refractivity contribution >= 4 is 28.4 Å². The van der Waals surface area contributed by atoms with E-state index in [0.717, 1.165) is 56.4 Å². The first-order valence-corrected chi connectivity index (χ1v) is 15.2. The van der Waals surface area contributed by atoms with Crippen LogP contribution < -0.4 is 15.8 Å². The van der Waals surface area contributed by atoms with Crippen molar-refractivity contribution in [1.82, 2.24) is 29.2 Å². The van der Waals surface area contributed by atoms with Crippen LogP contribution in [0.1, 0.15) is 49.4 Å². The van der Waals surface area contributed by atoms with Gasteiger partial charge in [0.1, 0.15) is 11.0 Å². The minimum Gasteiger partial charge on any atom is -0.383 e. The van der Waals surface area contributed by atoms with Gasteiger partial charge in [-0.25, -0.2) is 19.3 Å². The molecular formula is C33H40N8O2. The number of nitrogens with zero attached hydrogens (tertiary/aromatic N) is 7. The van der Waals surface area contributed by atoms with Crippen LogP contribution in [0.5, 0.6) is 0 Å². The van der Waals surface area contributed by atoms with Gasteiger partial charge in [-0.1, -0.05) is 12.1 Å². The molecule has 224 valence electrons. The van der Waals surface area contributed by atoms with Crippen molar-refractivity contribution in [3.8, 4) is 5.82 Å².